The molecule has 0 aliphatic rings. The molecule has 0 bridgehead atoms. The van der Waals surface area contributed by atoms with Crippen molar-refractivity contribution in [2.75, 3.05) is 0 Å². The van der Waals surface area contributed by atoms with Crippen molar-refractivity contribution in [1.29, 1.82) is 0 Å². The van der Waals surface area contributed by atoms with Crippen molar-refractivity contribution in [3.63, 3.8) is 0 Å². The molecule has 66 heavy (non-hydrogen) atoms. The van der Waals surface area contributed by atoms with E-state index in [1.807, 2.05) is 97.8 Å². The highest BCUT2D eigenvalue weighted by Gasteiger charge is 1.97. The Labute approximate surface area is 387 Å². The van der Waals surface area contributed by atoms with Crippen LogP contribution in [0.5, 0.6) is 0 Å². The molecule has 6 heterocycles. The summed E-state index contributed by atoms with van der Waals surface area (Å²) < 4.78 is 0. The zero-order chi connectivity index (χ0) is 46.1. The van der Waals surface area contributed by atoms with Gasteiger partial charge in [-0.25, -0.2) is 0 Å². The molecular weight excluding hydrogens is 805 g/mol. The largest absolute Gasteiger partial charge is 0.256 e. The Hall–Kier alpha value is -8.22. The monoisotopic (exact) mass is 858 g/mol. The second kappa shape index (κ2) is 22.9. The number of pyridine rings is 6. The van der Waals surface area contributed by atoms with E-state index in [4.69, 9.17) is 0 Å². The molecule has 0 N–H and O–H groups in total. The van der Waals surface area contributed by atoms with E-state index in [-0.39, 0.29) is 0 Å². The first kappa shape index (κ1) is 45.8. The van der Waals surface area contributed by atoms with Gasteiger partial charge in [0.2, 0.25) is 0 Å². The van der Waals surface area contributed by atoms with Gasteiger partial charge in [-0.1, -0.05) is 114 Å². The van der Waals surface area contributed by atoms with Crippen LogP contribution in [-0.4, -0.2) is 29.9 Å². The van der Waals surface area contributed by atoms with Crippen molar-refractivity contribution in [3.05, 3.63) is 253 Å². The number of fused-ring (bicyclic) bond motifs is 6. The van der Waals surface area contributed by atoms with E-state index < -0.39 is 0 Å². The summed E-state index contributed by atoms with van der Waals surface area (Å²) in [5, 5.41) is 7.30. The van der Waals surface area contributed by atoms with Crippen molar-refractivity contribution < 1.29 is 0 Å². The SMILES string of the molecule is Cc1ccc2cccnc2c1.Cc1ccc2cccnc2c1.Cc1ccc2ncccc2c1.Cc1ccc2ncccc2c1.Cc1cccc2cccnc12.Cc1cccc2ncccc12. The molecule has 12 aromatic rings. The number of rotatable bonds is 0. The Balaban J connectivity index is 0.000000118. The summed E-state index contributed by atoms with van der Waals surface area (Å²) in [5.41, 5.74) is 14.1. The predicted molar refractivity (Wildman–Crippen MR) is 279 cm³/mol. The number of para-hydroxylation sites is 1. The van der Waals surface area contributed by atoms with Gasteiger partial charge < -0.3 is 0 Å². The van der Waals surface area contributed by atoms with Gasteiger partial charge in [-0.15, -0.1) is 0 Å². The van der Waals surface area contributed by atoms with Crippen LogP contribution in [0.4, 0.5) is 0 Å². The molecule has 0 unspecified atom stereocenters. The molecule has 6 aromatic heterocycles. The van der Waals surface area contributed by atoms with Crippen molar-refractivity contribution in [3.8, 4) is 0 Å². The summed E-state index contributed by atoms with van der Waals surface area (Å²) in [5.74, 6) is 0. The minimum Gasteiger partial charge on any atom is -0.256 e. The maximum absolute atomic E-state index is 4.28. The Morgan fingerprint density at radius 2 is 0.621 bits per heavy atom. The van der Waals surface area contributed by atoms with Gasteiger partial charge in [0, 0.05) is 69.5 Å². The third-order valence-corrected chi connectivity index (χ3v) is 10.7. The first-order chi connectivity index (χ1) is 32.2. The normalized spacial score (nSPS) is 10.3. The van der Waals surface area contributed by atoms with Crippen molar-refractivity contribution >= 4 is 65.4 Å². The molecule has 324 valence electrons. The molecular formula is C60H54N6. The highest BCUT2D eigenvalue weighted by Crippen LogP contribution is 2.17. The molecule has 0 saturated heterocycles. The second-order valence-electron chi connectivity index (χ2n) is 16.1. The fourth-order valence-electron chi connectivity index (χ4n) is 7.26. The summed E-state index contributed by atoms with van der Waals surface area (Å²) in [6, 6.07) is 61.7. The fourth-order valence-corrected chi connectivity index (χ4v) is 7.26. The summed E-state index contributed by atoms with van der Waals surface area (Å²) in [7, 11) is 0. The van der Waals surface area contributed by atoms with E-state index in [1.165, 1.54) is 65.7 Å². The van der Waals surface area contributed by atoms with Crippen LogP contribution in [0.1, 0.15) is 33.4 Å². The van der Waals surface area contributed by atoms with Crippen LogP contribution >= 0.6 is 0 Å². The van der Waals surface area contributed by atoms with Gasteiger partial charge >= 0.3 is 0 Å². The van der Waals surface area contributed by atoms with Crippen LogP contribution in [0.3, 0.4) is 0 Å². The lowest BCUT2D eigenvalue weighted by Gasteiger charge is -1.97. The standard InChI is InChI=1S/6C10H9N/c1-8-4-2-6-10-9(8)5-3-7-11-10;1-8-4-2-5-9-6-3-7-11-10(8)9;2*1-8-4-5-10-9(7-8)3-2-6-11-10;2*1-8-4-5-9-3-2-6-11-10(9)7-8/h6*2-7H,1H3. The second-order valence-corrected chi connectivity index (χ2v) is 16.1. The van der Waals surface area contributed by atoms with Crippen LogP contribution < -0.4 is 0 Å². The molecule has 6 nitrogen and oxygen atoms in total. The first-order valence-corrected chi connectivity index (χ1v) is 22.1. The van der Waals surface area contributed by atoms with Gasteiger partial charge in [-0.2, -0.15) is 0 Å². The van der Waals surface area contributed by atoms with E-state index >= 15 is 0 Å². The Morgan fingerprint density at radius 3 is 1.14 bits per heavy atom. The van der Waals surface area contributed by atoms with Crippen LogP contribution in [0.25, 0.3) is 65.4 Å². The summed E-state index contributed by atoms with van der Waals surface area (Å²) in [4.78, 5) is 25.5. The van der Waals surface area contributed by atoms with Crippen molar-refractivity contribution in [2.45, 2.75) is 41.5 Å². The Morgan fingerprint density at radius 1 is 0.242 bits per heavy atom. The van der Waals surface area contributed by atoms with Crippen LogP contribution in [0.15, 0.2) is 219 Å². The Kier molecular flexibility index (Phi) is 15.9. The van der Waals surface area contributed by atoms with Crippen LogP contribution in [0.2, 0.25) is 0 Å². The number of nitrogens with zero attached hydrogens (tertiary/aromatic N) is 6. The molecule has 6 aromatic carbocycles. The average molecular weight is 859 g/mol. The smallest absolute Gasteiger partial charge is 0.0731 e. The highest BCUT2D eigenvalue weighted by atomic mass is 14.7. The molecule has 0 spiro atoms. The van der Waals surface area contributed by atoms with Gasteiger partial charge in [-0.3, -0.25) is 29.9 Å². The number of benzene rings is 6. The topological polar surface area (TPSA) is 77.3 Å². The van der Waals surface area contributed by atoms with Crippen LogP contribution in [-0.2, 0) is 0 Å². The average Bonchev–Trinajstić information content (AvgIpc) is 3.35. The van der Waals surface area contributed by atoms with Crippen molar-refractivity contribution in [1.82, 2.24) is 29.9 Å². The molecule has 0 radical (unpaired) electrons. The number of aromatic nitrogens is 6. The quantitative estimate of drug-likeness (QED) is 0.151. The summed E-state index contributed by atoms with van der Waals surface area (Å²) >= 11 is 0. The predicted octanol–water partition coefficient (Wildman–Crippen LogP) is 15.3. The lowest BCUT2D eigenvalue weighted by atomic mass is 10.1. The van der Waals surface area contributed by atoms with E-state index in [1.54, 1.807) is 0 Å². The van der Waals surface area contributed by atoms with E-state index in [2.05, 4.69) is 193 Å². The molecule has 0 atom stereocenters. The lowest BCUT2D eigenvalue weighted by molar-refractivity contribution is 1.37. The number of aryl methyl sites for hydroxylation is 6. The zero-order valence-electron chi connectivity index (χ0n) is 38.5. The third kappa shape index (κ3) is 12.9. The highest BCUT2D eigenvalue weighted by molar-refractivity contribution is 5.83. The molecule has 12 rings (SSSR count). The maximum atomic E-state index is 4.28. The van der Waals surface area contributed by atoms with Gasteiger partial charge in [0.15, 0.2) is 0 Å². The summed E-state index contributed by atoms with van der Waals surface area (Å²) in [6.45, 7) is 12.5. The van der Waals surface area contributed by atoms with E-state index in [0.717, 1.165) is 33.1 Å². The molecule has 0 fully saturated rings. The lowest BCUT2D eigenvalue weighted by Crippen LogP contribution is -1.80. The third-order valence-electron chi connectivity index (χ3n) is 10.7. The minimum absolute atomic E-state index is 1.07. The van der Waals surface area contributed by atoms with Gasteiger partial charge in [0.1, 0.15) is 0 Å². The van der Waals surface area contributed by atoms with Crippen molar-refractivity contribution in [2.24, 2.45) is 0 Å². The van der Waals surface area contributed by atoms with Gasteiger partial charge in [-0.05, 0) is 143 Å². The van der Waals surface area contributed by atoms with E-state index in [0.29, 0.717) is 0 Å². The maximum Gasteiger partial charge on any atom is 0.0731 e. The molecule has 6 heteroatoms. The van der Waals surface area contributed by atoms with Gasteiger partial charge in [0.25, 0.3) is 0 Å². The minimum atomic E-state index is 1.07. The molecule has 0 aliphatic heterocycles. The molecule has 0 saturated carbocycles. The first-order valence-electron chi connectivity index (χ1n) is 22.1. The van der Waals surface area contributed by atoms with Crippen LogP contribution in [0, 0.1) is 41.5 Å². The van der Waals surface area contributed by atoms with Gasteiger partial charge in [0.05, 0.1) is 33.1 Å². The fraction of sp³-hybridized carbons (Fsp3) is 0.100. The molecule has 0 amide bonds. The number of hydrogen-bond acceptors (Lipinski definition) is 6. The summed E-state index contributed by atoms with van der Waals surface area (Å²) in [6.07, 6.45) is 10.9. The Bertz CT molecular complexity index is 3060. The van der Waals surface area contributed by atoms with E-state index in [9.17, 15) is 0 Å². The number of hydrogen-bond donors (Lipinski definition) is 0. The zero-order valence-corrected chi connectivity index (χ0v) is 38.5. The molecule has 0 aliphatic carbocycles.